The van der Waals surface area contributed by atoms with Gasteiger partial charge in [-0.3, -0.25) is 0 Å². The predicted octanol–water partition coefficient (Wildman–Crippen LogP) is 4.88. The molecule has 0 aliphatic carbocycles. The van der Waals surface area contributed by atoms with Crippen molar-refractivity contribution in [3.63, 3.8) is 0 Å². The van der Waals surface area contributed by atoms with Gasteiger partial charge in [0.15, 0.2) is 5.69 Å². The van der Waals surface area contributed by atoms with Crippen LogP contribution in [-0.2, 0) is 4.74 Å². The van der Waals surface area contributed by atoms with Gasteiger partial charge in [-0.15, -0.1) is 11.3 Å². The minimum Gasteiger partial charge on any atom is -0.464 e. The number of thiazole rings is 1. The predicted molar refractivity (Wildman–Crippen MR) is 93.8 cm³/mol. The van der Waals surface area contributed by atoms with E-state index in [4.69, 9.17) is 4.74 Å². The highest BCUT2D eigenvalue weighted by Crippen LogP contribution is 2.37. The smallest absolute Gasteiger partial charge is 0.358 e. The fraction of sp³-hybridized carbons (Fsp3) is 0.158. The van der Waals surface area contributed by atoms with Crippen LogP contribution >= 0.6 is 11.3 Å². The molecule has 0 aliphatic rings. The van der Waals surface area contributed by atoms with Gasteiger partial charge in [-0.25, -0.2) is 9.78 Å². The lowest BCUT2D eigenvalue weighted by atomic mass is 10.0. The van der Waals surface area contributed by atoms with Gasteiger partial charge in [0.25, 0.3) is 0 Å². The summed E-state index contributed by atoms with van der Waals surface area (Å²) in [5.41, 5.74) is 4.68. The first-order valence-corrected chi connectivity index (χ1v) is 8.14. The third-order valence-corrected chi connectivity index (χ3v) is 4.80. The van der Waals surface area contributed by atoms with E-state index < -0.39 is 5.97 Å². The summed E-state index contributed by atoms with van der Waals surface area (Å²) in [5.74, 6) is -0.403. The topological polar surface area (TPSA) is 39.2 Å². The number of rotatable bonds is 3. The summed E-state index contributed by atoms with van der Waals surface area (Å²) in [6, 6.07) is 16.1. The van der Waals surface area contributed by atoms with Crippen molar-refractivity contribution in [1.29, 1.82) is 0 Å². The number of hydrogen-bond acceptors (Lipinski definition) is 4. The number of aryl methyl sites for hydroxylation is 2. The molecular weight excluding hydrogens is 306 g/mol. The van der Waals surface area contributed by atoms with Crippen molar-refractivity contribution in [2.24, 2.45) is 0 Å². The van der Waals surface area contributed by atoms with Crippen molar-refractivity contribution in [1.82, 2.24) is 4.98 Å². The minimum absolute atomic E-state index is 0.380. The molecule has 23 heavy (non-hydrogen) atoms. The molecule has 116 valence electrons. The summed E-state index contributed by atoms with van der Waals surface area (Å²) < 4.78 is 4.92. The SMILES string of the molecule is COC(=O)c1nc(-c2ccccc2)sc1-c1cc(C)ccc1C. The third kappa shape index (κ3) is 3.03. The summed E-state index contributed by atoms with van der Waals surface area (Å²) in [5, 5.41) is 0.821. The summed E-state index contributed by atoms with van der Waals surface area (Å²) in [6.45, 7) is 4.08. The molecule has 0 radical (unpaired) electrons. The highest BCUT2D eigenvalue weighted by Gasteiger charge is 2.21. The zero-order chi connectivity index (χ0) is 16.4. The Labute approximate surface area is 139 Å². The molecule has 3 rings (SSSR count). The average Bonchev–Trinajstić information content (AvgIpc) is 3.02. The molecule has 4 heteroatoms. The molecule has 3 aromatic rings. The molecule has 0 saturated carbocycles. The Kier molecular flexibility index (Phi) is 4.26. The van der Waals surface area contributed by atoms with Gasteiger partial charge in [-0.2, -0.15) is 0 Å². The molecule has 0 saturated heterocycles. The molecule has 0 unspecified atom stereocenters. The van der Waals surface area contributed by atoms with E-state index in [2.05, 4.69) is 23.2 Å². The number of aromatic nitrogens is 1. The van der Waals surface area contributed by atoms with E-state index >= 15 is 0 Å². The third-order valence-electron chi connectivity index (χ3n) is 3.66. The van der Waals surface area contributed by atoms with Gasteiger partial charge < -0.3 is 4.74 Å². The zero-order valence-corrected chi connectivity index (χ0v) is 14.1. The van der Waals surface area contributed by atoms with Crippen molar-refractivity contribution < 1.29 is 9.53 Å². The Morgan fingerprint density at radius 1 is 1.09 bits per heavy atom. The molecule has 0 bridgehead atoms. The molecule has 0 spiro atoms. The lowest BCUT2D eigenvalue weighted by molar-refractivity contribution is 0.0596. The van der Waals surface area contributed by atoms with E-state index in [9.17, 15) is 4.79 Å². The molecule has 2 aromatic carbocycles. The average molecular weight is 323 g/mol. The molecule has 3 nitrogen and oxygen atoms in total. The van der Waals surface area contributed by atoms with Gasteiger partial charge in [0.1, 0.15) is 5.01 Å². The van der Waals surface area contributed by atoms with Gasteiger partial charge in [0, 0.05) is 5.56 Å². The van der Waals surface area contributed by atoms with Gasteiger partial charge in [0.05, 0.1) is 12.0 Å². The number of methoxy groups -OCH3 is 1. The number of carbonyl (C=O) groups excluding carboxylic acids is 1. The molecule has 0 aliphatic heterocycles. The van der Waals surface area contributed by atoms with Crippen molar-refractivity contribution in [3.05, 3.63) is 65.4 Å². The highest BCUT2D eigenvalue weighted by molar-refractivity contribution is 7.18. The van der Waals surface area contributed by atoms with Crippen LogP contribution in [0.1, 0.15) is 21.6 Å². The molecule has 1 heterocycles. The first-order valence-electron chi connectivity index (χ1n) is 7.32. The van der Waals surface area contributed by atoms with Crippen LogP contribution in [0.2, 0.25) is 0 Å². The molecule has 0 N–H and O–H groups in total. The van der Waals surface area contributed by atoms with E-state index in [0.717, 1.165) is 32.1 Å². The second-order valence-corrected chi connectivity index (χ2v) is 6.37. The second-order valence-electron chi connectivity index (χ2n) is 5.37. The van der Waals surface area contributed by atoms with Crippen molar-refractivity contribution in [2.75, 3.05) is 7.11 Å². The largest absolute Gasteiger partial charge is 0.464 e. The maximum atomic E-state index is 12.2. The van der Waals surface area contributed by atoms with Crippen LogP contribution in [0.4, 0.5) is 0 Å². The first-order chi connectivity index (χ1) is 11.1. The quantitative estimate of drug-likeness (QED) is 0.645. The van der Waals surface area contributed by atoms with Crippen molar-refractivity contribution in [3.8, 4) is 21.0 Å². The van der Waals surface area contributed by atoms with Crippen LogP contribution in [0.5, 0.6) is 0 Å². The van der Waals surface area contributed by atoms with E-state index in [0.29, 0.717) is 5.69 Å². The Hall–Kier alpha value is -2.46. The Bertz CT molecular complexity index is 853. The fourth-order valence-electron chi connectivity index (χ4n) is 2.42. The van der Waals surface area contributed by atoms with Gasteiger partial charge in [-0.05, 0) is 25.0 Å². The maximum absolute atomic E-state index is 12.2. The molecule has 0 fully saturated rings. The summed E-state index contributed by atoms with van der Waals surface area (Å²) >= 11 is 1.52. The first kappa shape index (κ1) is 15.4. The summed E-state index contributed by atoms with van der Waals surface area (Å²) in [7, 11) is 1.39. The summed E-state index contributed by atoms with van der Waals surface area (Å²) in [4.78, 5) is 17.6. The Morgan fingerprint density at radius 2 is 1.83 bits per heavy atom. The van der Waals surface area contributed by atoms with E-state index in [1.54, 1.807) is 0 Å². The minimum atomic E-state index is -0.403. The summed E-state index contributed by atoms with van der Waals surface area (Å²) in [6.07, 6.45) is 0. The van der Waals surface area contributed by atoms with Crippen LogP contribution in [0.15, 0.2) is 48.5 Å². The Morgan fingerprint density at radius 3 is 2.52 bits per heavy atom. The van der Waals surface area contributed by atoms with E-state index in [1.165, 1.54) is 18.4 Å². The van der Waals surface area contributed by atoms with Crippen molar-refractivity contribution in [2.45, 2.75) is 13.8 Å². The molecular formula is C19H17NO2S. The van der Waals surface area contributed by atoms with Gasteiger partial charge in [0.2, 0.25) is 0 Å². The van der Waals surface area contributed by atoms with Crippen LogP contribution in [-0.4, -0.2) is 18.1 Å². The molecule has 0 amide bonds. The van der Waals surface area contributed by atoms with Gasteiger partial charge in [-0.1, -0.05) is 54.1 Å². The number of hydrogen-bond donors (Lipinski definition) is 0. The van der Waals surface area contributed by atoms with Crippen LogP contribution in [0.3, 0.4) is 0 Å². The van der Waals surface area contributed by atoms with E-state index in [-0.39, 0.29) is 0 Å². The number of esters is 1. The normalized spacial score (nSPS) is 10.6. The highest BCUT2D eigenvalue weighted by atomic mass is 32.1. The number of ether oxygens (including phenoxy) is 1. The second kappa shape index (κ2) is 6.34. The van der Waals surface area contributed by atoms with Crippen LogP contribution in [0, 0.1) is 13.8 Å². The molecule has 1 aromatic heterocycles. The lowest BCUT2D eigenvalue weighted by Gasteiger charge is -2.06. The number of benzene rings is 2. The standard InChI is InChI=1S/C19H17NO2S/c1-12-9-10-13(2)15(11-12)17-16(19(21)22-3)20-18(23-17)14-7-5-4-6-8-14/h4-11H,1-3H3. The number of carbonyl (C=O) groups is 1. The molecule has 0 atom stereocenters. The van der Waals surface area contributed by atoms with Crippen molar-refractivity contribution >= 4 is 17.3 Å². The monoisotopic (exact) mass is 323 g/mol. The fourth-order valence-corrected chi connectivity index (χ4v) is 3.56. The van der Waals surface area contributed by atoms with E-state index in [1.807, 2.05) is 44.2 Å². The Balaban J connectivity index is 2.21. The number of nitrogens with zero attached hydrogens (tertiary/aromatic N) is 1. The lowest BCUT2D eigenvalue weighted by Crippen LogP contribution is -2.03. The maximum Gasteiger partial charge on any atom is 0.358 e. The van der Waals surface area contributed by atoms with Gasteiger partial charge >= 0.3 is 5.97 Å². The van der Waals surface area contributed by atoms with Crippen LogP contribution in [0.25, 0.3) is 21.0 Å². The van der Waals surface area contributed by atoms with Crippen LogP contribution < -0.4 is 0 Å². The zero-order valence-electron chi connectivity index (χ0n) is 13.3.